The largest absolute Gasteiger partial charge is 0.297 e. The van der Waals surface area contributed by atoms with Crippen LogP contribution < -0.4 is 0 Å². The first-order chi connectivity index (χ1) is 6.15. The number of aromatic nitrogens is 2. The Hall–Kier alpha value is -1.20. The molecule has 1 aromatic rings. The summed E-state index contributed by atoms with van der Waals surface area (Å²) in [7, 11) is 0. The van der Waals surface area contributed by atoms with Gasteiger partial charge < -0.3 is 0 Å². The van der Waals surface area contributed by atoms with Gasteiger partial charge in [0.1, 0.15) is 5.15 Å². The van der Waals surface area contributed by atoms with Crippen molar-refractivity contribution in [1.29, 1.82) is 0 Å². The van der Waals surface area contributed by atoms with Crippen LogP contribution in [0.1, 0.15) is 17.4 Å². The van der Waals surface area contributed by atoms with E-state index in [1.54, 1.807) is 6.92 Å². The maximum atomic E-state index is 11.2. The van der Waals surface area contributed by atoms with E-state index in [-0.39, 0.29) is 17.4 Å². The zero-order chi connectivity index (χ0) is 9.84. The highest BCUT2D eigenvalue weighted by Crippen LogP contribution is 2.04. The molecule has 0 saturated carbocycles. The number of halogens is 1. The molecule has 0 saturated heterocycles. The molecule has 0 radical (unpaired) electrons. The monoisotopic (exact) mass is 201 g/mol. The molecule has 0 spiro atoms. The third kappa shape index (κ3) is 2.37. The van der Waals surface area contributed by atoms with Gasteiger partial charge in [-0.2, -0.15) is 0 Å². The minimum Gasteiger partial charge on any atom is -0.286 e. The smallest absolute Gasteiger partial charge is 0.286 e. The Kier molecular flexibility index (Phi) is 3.16. The van der Waals surface area contributed by atoms with Crippen LogP contribution in [0, 0.1) is 0 Å². The molecule has 6 heteroatoms. The van der Waals surface area contributed by atoms with Gasteiger partial charge in [0.15, 0.2) is 5.69 Å². The van der Waals surface area contributed by atoms with Crippen LogP contribution in [0.25, 0.3) is 0 Å². The maximum Gasteiger partial charge on any atom is 0.297 e. The molecule has 1 amide bonds. The lowest BCUT2D eigenvalue weighted by molar-refractivity contribution is -0.0546. The Morgan fingerprint density at radius 1 is 1.69 bits per heavy atom. The summed E-state index contributed by atoms with van der Waals surface area (Å²) in [5.41, 5.74) is 0.0249. The Bertz CT molecular complexity index is 318. The molecule has 1 aromatic heterocycles. The van der Waals surface area contributed by atoms with Crippen molar-refractivity contribution >= 4 is 17.5 Å². The van der Waals surface area contributed by atoms with Crippen LogP contribution in [0.4, 0.5) is 0 Å². The van der Waals surface area contributed by atoms with Gasteiger partial charge in [0.2, 0.25) is 0 Å². The molecule has 0 aliphatic carbocycles. The first-order valence-electron chi connectivity index (χ1n) is 3.63. The van der Waals surface area contributed by atoms with Crippen molar-refractivity contribution in [3.63, 3.8) is 0 Å². The molecule has 0 unspecified atom stereocenters. The summed E-state index contributed by atoms with van der Waals surface area (Å²) in [5.74, 6) is -0.613. The number of hydroxylamine groups is 2. The average molecular weight is 202 g/mol. The topological polar surface area (TPSA) is 66.3 Å². The molecule has 1 heterocycles. The summed E-state index contributed by atoms with van der Waals surface area (Å²) in [4.78, 5) is 18.6. The summed E-state index contributed by atoms with van der Waals surface area (Å²) in [6.45, 7) is 1.82. The molecule has 0 fully saturated rings. The van der Waals surface area contributed by atoms with E-state index in [1.165, 1.54) is 12.4 Å². The number of carbonyl (C=O) groups excluding carboxylic acids is 1. The van der Waals surface area contributed by atoms with Gasteiger partial charge in [-0.25, -0.2) is 10.0 Å². The van der Waals surface area contributed by atoms with E-state index >= 15 is 0 Å². The van der Waals surface area contributed by atoms with E-state index in [9.17, 15) is 4.79 Å². The van der Waals surface area contributed by atoms with Crippen LogP contribution in [0.3, 0.4) is 0 Å². The van der Waals surface area contributed by atoms with Gasteiger partial charge >= 0.3 is 0 Å². The zero-order valence-corrected chi connectivity index (χ0v) is 7.69. The molecule has 1 N–H and O–H groups in total. The lowest BCUT2D eigenvalue weighted by Gasteiger charge is -2.10. The van der Waals surface area contributed by atoms with Gasteiger partial charge in [0.05, 0.1) is 12.4 Å². The minimum absolute atomic E-state index is 0.0249. The fraction of sp³-hybridized carbons (Fsp3) is 0.286. The van der Waals surface area contributed by atoms with Crippen molar-refractivity contribution in [2.75, 3.05) is 6.54 Å². The summed E-state index contributed by atoms with van der Waals surface area (Å²) >= 11 is 5.51. The second kappa shape index (κ2) is 4.15. The highest BCUT2D eigenvalue weighted by atomic mass is 35.5. The highest BCUT2D eigenvalue weighted by molar-refractivity contribution is 6.29. The van der Waals surface area contributed by atoms with Crippen molar-refractivity contribution in [2.24, 2.45) is 0 Å². The van der Waals surface area contributed by atoms with Crippen molar-refractivity contribution in [3.8, 4) is 0 Å². The molecule has 0 aliphatic rings. The predicted octanol–water partition coefficient (Wildman–Crippen LogP) is 0.981. The SMILES string of the molecule is CCN(O)C(=O)c1cncc(Cl)n1. The van der Waals surface area contributed by atoms with Crippen molar-refractivity contribution < 1.29 is 10.0 Å². The molecule has 13 heavy (non-hydrogen) atoms. The normalized spacial score (nSPS) is 9.77. The van der Waals surface area contributed by atoms with Crippen LogP contribution >= 0.6 is 11.6 Å². The summed E-state index contributed by atoms with van der Waals surface area (Å²) in [6.07, 6.45) is 2.55. The standard InChI is InChI=1S/C7H8ClN3O2/c1-2-11(13)7(12)5-3-9-4-6(8)10-5/h3-4,13H,2H2,1H3. The number of hydrogen-bond acceptors (Lipinski definition) is 4. The number of nitrogens with zero attached hydrogens (tertiary/aromatic N) is 3. The number of rotatable bonds is 2. The Morgan fingerprint density at radius 2 is 2.38 bits per heavy atom. The molecule has 1 rings (SSSR count). The second-order valence-corrected chi connectivity index (χ2v) is 2.64. The third-order valence-electron chi connectivity index (χ3n) is 1.36. The molecule has 0 atom stereocenters. The van der Waals surface area contributed by atoms with Gasteiger partial charge in [-0.05, 0) is 6.92 Å². The van der Waals surface area contributed by atoms with E-state index in [1.807, 2.05) is 0 Å². The number of amides is 1. The van der Waals surface area contributed by atoms with Gasteiger partial charge in [-0.1, -0.05) is 11.6 Å². The van der Waals surface area contributed by atoms with Crippen molar-refractivity contribution in [3.05, 3.63) is 23.2 Å². The molecule has 5 nitrogen and oxygen atoms in total. The fourth-order valence-electron chi connectivity index (χ4n) is 0.721. The molecule has 0 aliphatic heterocycles. The molecule has 0 bridgehead atoms. The van der Waals surface area contributed by atoms with Gasteiger partial charge in [-0.15, -0.1) is 0 Å². The Balaban J connectivity index is 2.89. The Morgan fingerprint density at radius 3 is 2.92 bits per heavy atom. The van der Waals surface area contributed by atoms with Crippen LogP contribution in [-0.4, -0.2) is 32.7 Å². The number of hydrogen-bond donors (Lipinski definition) is 1. The van der Waals surface area contributed by atoms with Crippen LogP contribution in [0.5, 0.6) is 0 Å². The van der Waals surface area contributed by atoms with E-state index in [0.717, 1.165) is 0 Å². The van der Waals surface area contributed by atoms with Crippen LogP contribution in [0.15, 0.2) is 12.4 Å². The zero-order valence-electron chi connectivity index (χ0n) is 6.94. The second-order valence-electron chi connectivity index (χ2n) is 2.25. The van der Waals surface area contributed by atoms with E-state index in [0.29, 0.717) is 5.06 Å². The summed E-state index contributed by atoms with van der Waals surface area (Å²) in [6, 6.07) is 0. The highest BCUT2D eigenvalue weighted by Gasteiger charge is 2.13. The predicted molar refractivity (Wildman–Crippen MR) is 45.5 cm³/mol. The van der Waals surface area contributed by atoms with Gasteiger partial charge in [0, 0.05) is 6.54 Å². The lowest BCUT2D eigenvalue weighted by Crippen LogP contribution is -2.27. The van der Waals surface area contributed by atoms with Gasteiger partial charge in [0.25, 0.3) is 5.91 Å². The molecular formula is C7H8ClN3O2. The molecular weight excluding hydrogens is 194 g/mol. The first-order valence-corrected chi connectivity index (χ1v) is 4.01. The molecule has 0 aromatic carbocycles. The maximum absolute atomic E-state index is 11.2. The molecule has 70 valence electrons. The average Bonchev–Trinajstić information content (AvgIpc) is 2.15. The van der Waals surface area contributed by atoms with Crippen molar-refractivity contribution in [1.82, 2.24) is 15.0 Å². The Labute approximate surface area is 79.9 Å². The van der Waals surface area contributed by atoms with Gasteiger partial charge in [-0.3, -0.25) is 15.0 Å². The number of carbonyl (C=O) groups is 1. The minimum atomic E-state index is -0.613. The van der Waals surface area contributed by atoms with E-state index < -0.39 is 5.91 Å². The fourth-order valence-corrected chi connectivity index (χ4v) is 0.868. The summed E-state index contributed by atoms with van der Waals surface area (Å²) in [5, 5.41) is 9.71. The van der Waals surface area contributed by atoms with Crippen LogP contribution in [-0.2, 0) is 0 Å². The van der Waals surface area contributed by atoms with Crippen LogP contribution in [0.2, 0.25) is 5.15 Å². The van der Waals surface area contributed by atoms with Crippen molar-refractivity contribution in [2.45, 2.75) is 6.92 Å². The van der Waals surface area contributed by atoms with E-state index in [4.69, 9.17) is 16.8 Å². The first kappa shape index (κ1) is 9.88. The third-order valence-corrected chi connectivity index (χ3v) is 1.54. The van der Waals surface area contributed by atoms with E-state index in [2.05, 4.69) is 9.97 Å². The lowest BCUT2D eigenvalue weighted by atomic mass is 10.4. The summed E-state index contributed by atoms with van der Waals surface area (Å²) < 4.78 is 0. The quantitative estimate of drug-likeness (QED) is 0.572.